The minimum atomic E-state index is 0.0968. The molecule has 2 N–H and O–H groups in total. The van der Waals surface area contributed by atoms with Crippen molar-refractivity contribution in [1.82, 2.24) is 9.88 Å². The summed E-state index contributed by atoms with van der Waals surface area (Å²) in [4.78, 5) is 6.85. The number of hydrogen-bond acceptors (Lipinski definition) is 5. The van der Waals surface area contributed by atoms with E-state index in [1.807, 2.05) is 30.6 Å². The quantitative estimate of drug-likeness (QED) is 0.569. The van der Waals surface area contributed by atoms with Gasteiger partial charge in [-0.1, -0.05) is 30.3 Å². The average Bonchev–Trinajstić information content (AvgIpc) is 3.18. The number of rotatable bonds is 4. The van der Waals surface area contributed by atoms with Crippen molar-refractivity contribution < 1.29 is 9.15 Å². The highest BCUT2D eigenvalue weighted by Crippen LogP contribution is 2.33. The standard InChI is InChI=1S/C24H25N3O2/c1-28-24-15-27(9-8-21(24)25)14-16-6-7-18-12-26-13-20(19(18)10-16)23-11-17-4-2-3-5-22(17)29-23/h2-7,10-13,21,24H,8-9,14-15,25H2,1H3/t21-,24-/m0/s1. The lowest BCUT2D eigenvalue weighted by atomic mass is 10.00. The van der Waals surface area contributed by atoms with Crippen LogP contribution in [0.25, 0.3) is 33.1 Å². The largest absolute Gasteiger partial charge is 0.456 e. The van der Waals surface area contributed by atoms with Crippen LogP contribution in [0.1, 0.15) is 12.0 Å². The molecule has 0 unspecified atom stereocenters. The van der Waals surface area contributed by atoms with Gasteiger partial charge < -0.3 is 14.9 Å². The van der Waals surface area contributed by atoms with Crippen molar-refractivity contribution in [3.05, 3.63) is 66.5 Å². The number of ether oxygens (including phenoxy) is 1. The second kappa shape index (κ2) is 7.59. The Morgan fingerprint density at radius 2 is 2.03 bits per heavy atom. The first-order valence-corrected chi connectivity index (χ1v) is 10.1. The van der Waals surface area contributed by atoms with Crippen LogP contribution in [0.5, 0.6) is 0 Å². The third-order valence-electron chi connectivity index (χ3n) is 5.92. The number of piperidine rings is 1. The Morgan fingerprint density at radius 3 is 2.90 bits per heavy atom. The summed E-state index contributed by atoms with van der Waals surface area (Å²) >= 11 is 0. The molecule has 2 atom stereocenters. The van der Waals surface area contributed by atoms with E-state index < -0.39 is 0 Å². The molecule has 29 heavy (non-hydrogen) atoms. The lowest BCUT2D eigenvalue weighted by molar-refractivity contribution is 0.0140. The fraction of sp³-hybridized carbons (Fsp3) is 0.292. The Hall–Kier alpha value is -2.73. The molecule has 2 aromatic carbocycles. The molecule has 1 saturated heterocycles. The van der Waals surface area contributed by atoms with Crippen LogP contribution in [0.3, 0.4) is 0 Å². The molecule has 0 aliphatic carbocycles. The van der Waals surface area contributed by atoms with Crippen LogP contribution in [0.15, 0.2) is 65.3 Å². The number of hydrogen-bond donors (Lipinski definition) is 1. The van der Waals surface area contributed by atoms with E-state index >= 15 is 0 Å². The number of para-hydroxylation sites is 1. The highest BCUT2D eigenvalue weighted by Gasteiger charge is 2.26. The third-order valence-corrected chi connectivity index (χ3v) is 5.92. The van der Waals surface area contributed by atoms with Crippen LogP contribution >= 0.6 is 0 Å². The molecule has 2 aromatic heterocycles. The maximum absolute atomic E-state index is 6.17. The summed E-state index contributed by atoms with van der Waals surface area (Å²) in [6.07, 6.45) is 4.86. The van der Waals surface area contributed by atoms with Gasteiger partial charge >= 0.3 is 0 Å². The molecule has 5 heteroatoms. The van der Waals surface area contributed by atoms with Crippen molar-refractivity contribution in [3.8, 4) is 11.3 Å². The van der Waals surface area contributed by atoms with Gasteiger partial charge in [0.25, 0.3) is 0 Å². The second-order valence-corrected chi connectivity index (χ2v) is 7.85. The highest BCUT2D eigenvalue weighted by molar-refractivity contribution is 5.97. The molecule has 4 aromatic rings. The van der Waals surface area contributed by atoms with E-state index in [-0.39, 0.29) is 12.1 Å². The van der Waals surface area contributed by atoms with E-state index in [0.717, 1.165) is 59.1 Å². The Kier molecular flexibility index (Phi) is 4.79. The maximum atomic E-state index is 6.17. The van der Waals surface area contributed by atoms with E-state index in [0.29, 0.717) is 0 Å². The van der Waals surface area contributed by atoms with Crippen molar-refractivity contribution >= 4 is 21.7 Å². The monoisotopic (exact) mass is 387 g/mol. The molecule has 0 amide bonds. The minimum Gasteiger partial charge on any atom is -0.456 e. The molecule has 1 aliphatic heterocycles. The predicted octanol–water partition coefficient (Wildman–Crippen LogP) is 4.20. The summed E-state index contributed by atoms with van der Waals surface area (Å²) in [5.41, 5.74) is 9.35. The van der Waals surface area contributed by atoms with Crippen LogP contribution in [-0.4, -0.2) is 42.2 Å². The molecule has 0 radical (unpaired) electrons. The lowest BCUT2D eigenvalue weighted by Gasteiger charge is -2.36. The number of methoxy groups -OCH3 is 1. The van der Waals surface area contributed by atoms with Gasteiger partial charge in [0.15, 0.2) is 0 Å². The maximum Gasteiger partial charge on any atom is 0.137 e. The van der Waals surface area contributed by atoms with Gasteiger partial charge in [-0.25, -0.2) is 0 Å². The molecule has 5 nitrogen and oxygen atoms in total. The second-order valence-electron chi connectivity index (χ2n) is 7.85. The Morgan fingerprint density at radius 1 is 1.14 bits per heavy atom. The van der Waals surface area contributed by atoms with Gasteiger partial charge in [-0.05, 0) is 35.6 Å². The van der Waals surface area contributed by atoms with Gasteiger partial charge in [0.2, 0.25) is 0 Å². The molecule has 0 spiro atoms. The van der Waals surface area contributed by atoms with E-state index in [1.54, 1.807) is 7.11 Å². The summed E-state index contributed by atoms with van der Waals surface area (Å²) in [6, 6.07) is 16.9. The fourth-order valence-electron chi connectivity index (χ4n) is 4.27. The van der Waals surface area contributed by atoms with Gasteiger partial charge in [-0.15, -0.1) is 0 Å². The van der Waals surface area contributed by atoms with Crippen LogP contribution < -0.4 is 5.73 Å². The molecular weight excluding hydrogens is 362 g/mol. The highest BCUT2D eigenvalue weighted by atomic mass is 16.5. The number of aromatic nitrogens is 1. The van der Waals surface area contributed by atoms with E-state index in [1.165, 1.54) is 5.56 Å². The predicted molar refractivity (Wildman–Crippen MR) is 116 cm³/mol. The fourth-order valence-corrected chi connectivity index (χ4v) is 4.27. The summed E-state index contributed by atoms with van der Waals surface area (Å²) in [7, 11) is 1.75. The van der Waals surface area contributed by atoms with Crippen molar-refractivity contribution in [2.24, 2.45) is 5.73 Å². The molecule has 3 heterocycles. The molecule has 1 fully saturated rings. The van der Waals surface area contributed by atoms with Crippen molar-refractivity contribution in [2.75, 3.05) is 20.2 Å². The van der Waals surface area contributed by atoms with Crippen LogP contribution in [-0.2, 0) is 11.3 Å². The van der Waals surface area contributed by atoms with Crippen LogP contribution in [0, 0.1) is 0 Å². The zero-order valence-corrected chi connectivity index (χ0v) is 16.5. The zero-order chi connectivity index (χ0) is 19.8. The lowest BCUT2D eigenvalue weighted by Crippen LogP contribution is -2.51. The number of pyridine rings is 1. The van der Waals surface area contributed by atoms with Gasteiger partial charge in [0.1, 0.15) is 11.3 Å². The summed E-state index contributed by atoms with van der Waals surface area (Å²) in [5.74, 6) is 0.852. The van der Waals surface area contributed by atoms with Crippen LogP contribution in [0.2, 0.25) is 0 Å². The van der Waals surface area contributed by atoms with Crippen LogP contribution in [0.4, 0.5) is 0 Å². The first kappa shape index (κ1) is 18.3. The normalized spacial score (nSPS) is 20.5. The van der Waals surface area contributed by atoms with E-state index in [4.69, 9.17) is 14.9 Å². The zero-order valence-electron chi connectivity index (χ0n) is 16.5. The molecule has 1 aliphatic rings. The molecule has 0 bridgehead atoms. The summed E-state index contributed by atoms with van der Waals surface area (Å²) < 4.78 is 11.7. The molecule has 5 rings (SSSR count). The van der Waals surface area contributed by atoms with E-state index in [9.17, 15) is 0 Å². The van der Waals surface area contributed by atoms with Crippen molar-refractivity contribution in [1.29, 1.82) is 0 Å². The number of benzene rings is 2. The number of furan rings is 1. The number of likely N-dealkylation sites (tertiary alicyclic amines) is 1. The SMILES string of the molecule is CO[C@H]1CN(Cc2ccc3cncc(-c4cc5ccccc5o4)c3c2)CC[C@@H]1N. The Balaban J connectivity index is 1.49. The number of nitrogens with two attached hydrogens (primary N) is 1. The van der Waals surface area contributed by atoms with Gasteiger partial charge in [-0.2, -0.15) is 0 Å². The number of fused-ring (bicyclic) bond motifs is 2. The molecule has 148 valence electrons. The van der Waals surface area contributed by atoms with Gasteiger partial charge in [-0.3, -0.25) is 9.88 Å². The van der Waals surface area contributed by atoms with Gasteiger partial charge in [0, 0.05) is 61.5 Å². The number of nitrogens with zero attached hydrogens (tertiary/aromatic N) is 2. The van der Waals surface area contributed by atoms with E-state index in [2.05, 4.69) is 40.2 Å². The first-order valence-electron chi connectivity index (χ1n) is 10.1. The van der Waals surface area contributed by atoms with Crippen molar-refractivity contribution in [2.45, 2.75) is 25.1 Å². The average molecular weight is 387 g/mol. The smallest absolute Gasteiger partial charge is 0.137 e. The Labute approximate surface area is 170 Å². The topological polar surface area (TPSA) is 64.5 Å². The third kappa shape index (κ3) is 3.53. The summed E-state index contributed by atoms with van der Waals surface area (Å²) in [6.45, 7) is 2.73. The van der Waals surface area contributed by atoms with Gasteiger partial charge in [0.05, 0.1) is 6.10 Å². The summed E-state index contributed by atoms with van der Waals surface area (Å²) in [5, 5.41) is 3.38. The molecule has 0 saturated carbocycles. The minimum absolute atomic E-state index is 0.0968. The molecular formula is C24H25N3O2. The Bertz CT molecular complexity index is 1120. The first-order chi connectivity index (χ1) is 14.2. The van der Waals surface area contributed by atoms with Crippen molar-refractivity contribution in [3.63, 3.8) is 0 Å².